The Bertz CT molecular complexity index is 2870. The molecular formula is C42H24N2O3. The van der Waals surface area contributed by atoms with E-state index in [2.05, 4.69) is 45.7 Å². The SMILES string of the molecule is O=c1c2ccccc2n2c3ccc4c(c3c(=O)c3cc(-c5cccc6ccccc56)cc1c32)Oc1ccccc1N4c1ccccc1. The van der Waals surface area contributed by atoms with E-state index in [1.54, 1.807) is 0 Å². The van der Waals surface area contributed by atoms with Gasteiger partial charge < -0.3 is 14.0 Å². The van der Waals surface area contributed by atoms with Crippen molar-refractivity contribution < 1.29 is 4.74 Å². The van der Waals surface area contributed by atoms with Gasteiger partial charge in [0, 0.05) is 21.8 Å². The van der Waals surface area contributed by atoms with Gasteiger partial charge in [-0.15, -0.1) is 0 Å². The lowest BCUT2D eigenvalue weighted by molar-refractivity contribution is 0.482. The normalized spacial score (nSPS) is 12.6. The van der Waals surface area contributed by atoms with Crippen molar-refractivity contribution in [3.63, 3.8) is 0 Å². The number of nitrogens with zero attached hydrogens (tertiary/aromatic N) is 2. The molecule has 0 atom stereocenters. The zero-order valence-corrected chi connectivity index (χ0v) is 25.0. The highest BCUT2D eigenvalue weighted by molar-refractivity contribution is 6.13. The molecule has 47 heavy (non-hydrogen) atoms. The Hall–Kier alpha value is -6.46. The Morgan fingerprint density at radius 2 is 1.21 bits per heavy atom. The van der Waals surface area contributed by atoms with Crippen LogP contribution in [0.4, 0.5) is 17.1 Å². The van der Waals surface area contributed by atoms with Gasteiger partial charge in [-0.05, 0) is 82.6 Å². The molecule has 0 amide bonds. The third-order valence-corrected chi connectivity index (χ3v) is 9.47. The van der Waals surface area contributed by atoms with Gasteiger partial charge >= 0.3 is 0 Å². The molecule has 2 aromatic heterocycles. The lowest BCUT2D eigenvalue weighted by Gasteiger charge is -2.33. The standard InChI is InChI=1S/C42H24N2O3/c45-40-30-16-6-7-18-33(30)44-35-21-22-36-42(47-37-20-9-8-19-34(37)43(36)27-13-2-1-3-14-27)38(35)41(46)32-24-26(23-31(40)39(32)44)29-17-10-12-25-11-4-5-15-28(25)29/h1-24H. The van der Waals surface area contributed by atoms with Crippen LogP contribution in [0.15, 0.2) is 155 Å². The summed E-state index contributed by atoms with van der Waals surface area (Å²) >= 11 is 0. The fourth-order valence-electron chi connectivity index (χ4n) is 7.43. The van der Waals surface area contributed by atoms with Gasteiger partial charge in [0.2, 0.25) is 5.43 Å². The molecule has 9 aromatic rings. The summed E-state index contributed by atoms with van der Waals surface area (Å²) < 4.78 is 8.75. The zero-order chi connectivity index (χ0) is 31.2. The second-order valence-electron chi connectivity index (χ2n) is 12.0. The van der Waals surface area contributed by atoms with Crippen molar-refractivity contribution in [2.24, 2.45) is 0 Å². The first-order valence-electron chi connectivity index (χ1n) is 15.6. The Morgan fingerprint density at radius 3 is 2.09 bits per heavy atom. The highest BCUT2D eigenvalue weighted by atomic mass is 16.5. The molecule has 0 fully saturated rings. The van der Waals surface area contributed by atoms with Gasteiger partial charge in [-0.2, -0.15) is 0 Å². The summed E-state index contributed by atoms with van der Waals surface area (Å²) in [5, 5.41) is 4.20. The third kappa shape index (κ3) is 3.54. The van der Waals surface area contributed by atoms with Crippen LogP contribution in [0.3, 0.4) is 0 Å². The monoisotopic (exact) mass is 604 g/mol. The molecule has 1 aliphatic rings. The van der Waals surface area contributed by atoms with E-state index in [4.69, 9.17) is 4.74 Å². The van der Waals surface area contributed by atoms with Crippen molar-refractivity contribution in [2.75, 3.05) is 4.90 Å². The minimum Gasteiger partial charge on any atom is -0.452 e. The maximum atomic E-state index is 15.0. The molecule has 1 aliphatic heterocycles. The van der Waals surface area contributed by atoms with Gasteiger partial charge in [-0.1, -0.05) is 84.9 Å². The molecule has 0 saturated heterocycles. The second-order valence-corrected chi connectivity index (χ2v) is 12.0. The van der Waals surface area contributed by atoms with Crippen molar-refractivity contribution >= 4 is 65.9 Å². The molecule has 0 unspecified atom stereocenters. The van der Waals surface area contributed by atoms with Crippen LogP contribution < -0.4 is 20.5 Å². The quantitative estimate of drug-likeness (QED) is 0.146. The minimum absolute atomic E-state index is 0.0928. The van der Waals surface area contributed by atoms with Crippen LogP contribution in [0.5, 0.6) is 11.5 Å². The van der Waals surface area contributed by atoms with Crippen LogP contribution in [0, 0.1) is 0 Å². The molecule has 0 spiro atoms. The maximum absolute atomic E-state index is 15.0. The largest absolute Gasteiger partial charge is 0.452 e. The first-order chi connectivity index (χ1) is 23.2. The number of anilines is 3. The topological polar surface area (TPSA) is 51.0 Å². The van der Waals surface area contributed by atoms with Crippen LogP contribution in [-0.2, 0) is 0 Å². The Balaban J connectivity index is 1.40. The van der Waals surface area contributed by atoms with E-state index in [1.807, 2.05) is 109 Å². The van der Waals surface area contributed by atoms with E-state index in [9.17, 15) is 4.79 Å². The summed E-state index contributed by atoms with van der Waals surface area (Å²) in [5.74, 6) is 1.16. The average molecular weight is 605 g/mol. The Labute approximate surface area is 268 Å². The van der Waals surface area contributed by atoms with E-state index in [-0.39, 0.29) is 10.9 Å². The molecule has 0 saturated carbocycles. The van der Waals surface area contributed by atoms with Crippen LogP contribution in [-0.4, -0.2) is 4.40 Å². The number of para-hydroxylation sites is 4. The number of rotatable bonds is 2. The van der Waals surface area contributed by atoms with E-state index < -0.39 is 0 Å². The smallest absolute Gasteiger partial charge is 0.201 e. The Morgan fingerprint density at radius 1 is 0.511 bits per heavy atom. The number of hydrogen-bond donors (Lipinski definition) is 0. The third-order valence-electron chi connectivity index (χ3n) is 9.47. The number of benzene rings is 7. The predicted molar refractivity (Wildman–Crippen MR) is 191 cm³/mol. The van der Waals surface area contributed by atoms with Gasteiger partial charge in [-0.25, -0.2) is 0 Å². The van der Waals surface area contributed by atoms with E-state index >= 15 is 4.79 Å². The first-order valence-corrected chi connectivity index (χ1v) is 15.6. The van der Waals surface area contributed by atoms with Crippen LogP contribution in [0.2, 0.25) is 0 Å². The molecule has 220 valence electrons. The molecule has 5 heteroatoms. The second kappa shape index (κ2) is 9.52. The number of aromatic nitrogens is 1. The summed E-state index contributed by atoms with van der Waals surface area (Å²) in [6.45, 7) is 0. The average Bonchev–Trinajstić information content (AvgIpc) is 3.13. The van der Waals surface area contributed by atoms with Gasteiger partial charge in [0.25, 0.3) is 0 Å². The molecule has 10 rings (SSSR count). The fourth-order valence-corrected chi connectivity index (χ4v) is 7.43. The van der Waals surface area contributed by atoms with Crippen LogP contribution in [0.25, 0.3) is 60.0 Å². The summed E-state index contributed by atoms with van der Waals surface area (Å²) in [7, 11) is 0. The zero-order valence-electron chi connectivity index (χ0n) is 25.0. The van der Waals surface area contributed by atoms with Gasteiger partial charge in [-0.3, -0.25) is 9.59 Å². The molecule has 0 radical (unpaired) electrons. The number of ether oxygens (including phenoxy) is 1. The van der Waals surface area contributed by atoms with Crippen LogP contribution in [0.1, 0.15) is 0 Å². The van der Waals surface area contributed by atoms with Gasteiger partial charge in [0.1, 0.15) is 0 Å². The summed E-state index contributed by atoms with van der Waals surface area (Å²) in [5.41, 5.74) is 6.20. The molecular weight excluding hydrogens is 580 g/mol. The molecule has 0 aliphatic carbocycles. The van der Waals surface area contributed by atoms with E-state index in [0.29, 0.717) is 44.1 Å². The fraction of sp³-hybridized carbons (Fsp3) is 0. The summed E-state index contributed by atoms with van der Waals surface area (Å²) in [6, 6.07) is 47.8. The van der Waals surface area contributed by atoms with Gasteiger partial charge in [0.05, 0.1) is 33.3 Å². The van der Waals surface area contributed by atoms with Crippen molar-refractivity contribution in [2.45, 2.75) is 0 Å². The lowest BCUT2D eigenvalue weighted by atomic mass is 9.94. The first kappa shape index (κ1) is 25.8. The highest BCUT2D eigenvalue weighted by Crippen LogP contribution is 2.52. The van der Waals surface area contributed by atoms with Crippen molar-refractivity contribution in [1.82, 2.24) is 4.40 Å². The maximum Gasteiger partial charge on any atom is 0.201 e. The number of pyridine rings is 2. The van der Waals surface area contributed by atoms with Crippen molar-refractivity contribution in [3.8, 4) is 22.6 Å². The van der Waals surface area contributed by atoms with E-state index in [0.717, 1.165) is 44.5 Å². The van der Waals surface area contributed by atoms with E-state index in [1.165, 1.54) is 0 Å². The highest BCUT2D eigenvalue weighted by Gasteiger charge is 2.30. The van der Waals surface area contributed by atoms with Gasteiger partial charge in [0.15, 0.2) is 16.9 Å². The number of fused-ring (bicyclic) bond motifs is 8. The predicted octanol–water partition coefficient (Wildman–Crippen LogP) is 9.95. The molecule has 3 heterocycles. The molecule has 5 nitrogen and oxygen atoms in total. The minimum atomic E-state index is -0.175. The summed E-state index contributed by atoms with van der Waals surface area (Å²) in [4.78, 5) is 31.4. The number of hydrogen-bond acceptors (Lipinski definition) is 4. The molecule has 7 aromatic carbocycles. The summed E-state index contributed by atoms with van der Waals surface area (Å²) in [6.07, 6.45) is 0. The molecule has 0 bridgehead atoms. The van der Waals surface area contributed by atoms with Crippen molar-refractivity contribution in [1.29, 1.82) is 0 Å². The lowest BCUT2D eigenvalue weighted by Crippen LogP contribution is -2.19. The Kier molecular flexibility index (Phi) is 5.23. The van der Waals surface area contributed by atoms with Crippen LogP contribution >= 0.6 is 0 Å². The molecule has 0 N–H and O–H groups in total. The van der Waals surface area contributed by atoms with Crippen molar-refractivity contribution in [3.05, 3.63) is 166 Å².